The average Bonchev–Trinajstić information content (AvgIpc) is 3.07. The Kier molecular flexibility index (Phi) is 4.70. The second-order valence-corrected chi connectivity index (χ2v) is 7.82. The average molecular weight is 387 g/mol. The maximum Gasteiger partial charge on any atom is 0.321 e. The highest BCUT2D eigenvalue weighted by molar-refractivity contribution is 7.22. The molecule has 7 heteroatoms. The van der Waals surface area contributed by atoms with Crippen molar-refractivity contribution in [1.29, 1.82) is 0 Å². The third-order valence-electron chi connectivity index (χ3n) is 4.47. The van der Waals surface area contributed by atoms with Gasteiger partial charge in [-0.1, -0.05) is 29.0 Å². The van der Waals surface area contributed by atoms with Gasteiger partial charge in [0.15, 0.2) is 5.13 Å². The van der Waals surface area contributed by atoms with Gasteiger partial charge in [0.25, 0.3) is 0 Å². The fourth-order valence-electron chi connectivity index (χ4n) is 2.99. The number of thiazole rings is 1. The van der Waals surface area contributed by atoms with Gasteiger partial charge in [-0.15, -0.1) is 0 Å². The summed E-state index contributed by atoms with van der Waals surface area (Å²) in [5.74, 6) is 0. The van der Waals surface area contributed by atoms with E-state index in [0.29, 0.717) is 18.1 Å². The van der Waals surface area contributed by atoms with Gasteiger partial charge in [-0.3, -0.25) is 0 Å². The molecule has 1 aromatic heterocycles. The molecule has 0 saturated carbocycles. The van der Waals surface area contributed by atoms with E-state index in [9.17, 15) is 4.79 Å². The van der Waals surface area contributed by atoms with Crippen molar-refractivity contribution in [2.24, 2.45) is 0 Å². The first-order valence-electron chi connectivity index (χ1n) is 8.52. The molecule has 2 amide bonds. The number of amides is 2. The first-order valence-corrected chi connectivity index (χ1v) is 9.71. The third kappa shape index (κ3) is 3.61. The van der Waals surface area contributed by atoms with E-state index >= 15 is 0 Å². The van der Waals surface area contributed by atoms with Crippen LogP contribution in [0.5, 0.6) is 0 Å². The van der Waals surface area contributed by atoms with E-state index in [0.717, 1.165) is 29.4 Å². The van der Waals surface area contributed by atoms with Crippen LogP contribution in [0.2, 0.25) is 5.02 Å². The predicted molar refractivity (Wildman–Crippen MR) is 109 cm³/mol. The SMILES string of the molecule is Cc1ccc2nc(N3CCN(C(=O)Nc4ccc(Cl)cc4)CC3)sc2c1. The maximum atomic E-state index is 12.4. The molecule has 0 spiro atoms. The molecule has 26 heavy (non-hydrogen) atoms. The highest BCUT2D eigenvalue weighted by Crippen LogP contribution is 2.30. The van der Waals surface area contributed by atoms with Crippen molar-refractivity contribution >= 4 is 50.0 Å². The van der Waals surface area contributed by atoms with Crippen molar-refractivity contribution in [2.75, 3.05) is 36.4 Å². The summed E-state index contributed by atoms with van der Waals surface area (Å²) in [5, 5.41) is 4.60. The largest absolute Gasteiger partial charge is 0.345 e. The van der Waals surface area contributed by atoms with Gasteiger partial charge in [0.1, 0.15) is 0 Å². The van der Waals surface area contributed by atoms with Crippen molar-refractivity contribution in [1.82, 2.24) is 9.88 Å². The van der Waals surface area contributed by atoms with E-state index in [4.69, 9.17) is 16.6 Å². The Morgan fingerprint density at radius 3 is 2.58 bits per heavy atom. The fourth-order valence-corrected chi connectivity index (χ4v) is 4.23. The van der Waals surface area contributed by atoms with Gasteiger partial charge in [0.2, 0.25) is 0 Å². The molecule has 0 bridgehead atoms. The molecule has 1 saturated heterocycles. The lowest BCUT2D eigenvalue weighted by Gasteiger charge is -2.34. The summed E-state index contributed by atoms with van der Waals surface area (Å²) in [6.45, 7) is 5.01. The molecule has 1 N–H and O–H groups in total. The number of benzene rings is 2. The molecule has 2 heterocycles. The van der Waals surface area contributed by atoms with E-state index in [-0.39, 0.29) is 6.03 Å². The summed E-state index contributed by atoms with van der Waals surface area (Å²) >= 11 is 7.59. The topological polar surface area (TPSA) is 48.5 Å². The normalized spacial score (nSPS) is 14.7. The molecule has 3 aromatic rings. The molecule has 0 atom stereocenters. The van der Waals surface area contributed by atoms with Crippen LogP contribution in [0.25, 0.3) is 10.2 Å². The lowest BCUT2D eigenvalue weighted by Crippen LogP contribution is -2.50. The van der Waals surface area contributed by atoms with Crippen LogP contribution in [-0.2, 0) is 0 Å². The molecule has 5 nitrogen and oxygen atoms in total. The number of fused-ring (bicyclic) bond motifs is 1. The number of halogens is 1. The fraction of sp³-hybridized carbons (Fsp3) is 0.263. The molecule has 2 aromatic carbocycles. The summed E-state index contributed by atoms with van der Waals surface area (Å²) in [4.78, 5) is 21.3. The molecule has 1 fully saturated rings. The summed E-state index contributed by atoms with van der Waals surface area (Å²) in [5.41, 5.74) is 3.04. The van der Waals surface area contributed by atoms with Crippen LogP contribution in [0.15, 0.2) is 42.5 Å². The Morgan fingerprint density at radius 1 is 1.12 bits per heavy atom. The number of hydrogen-bond donors (Lipinski definition) is 1. The number of nitrogens with zero attached hydrogens (tertiary/aromatic N) is 3. The number of piperazine rings is 1. The zero-order valence-corrected chi connectivity index (χ0v) is 16.0. The molecular formula is C19H19ClN4OS. The van der Waals surface area contributed by atoms with Crippen molar-refractivity contribution in [2.45, 2.75) is 6.92 Å². The summed E-state index contributed by atoms with van der Waals surface area (Å²) in [6, 6.07) is 13.4. The van der Waals surface area contributed by atoms with Crippen LogP contribution in [0.3, 0.4) is 0 Å². The van der Waals surface area contributed by atoms with Gasteiger partial charge in [-0.2, -0.15) is 0 Å². The lowest BCUT2D eigenvalue weighted by molar-refractivity contribution is 0.208. The number of aromatic nitrogens is 1. The molecule has 1 aliphatic rings. The van der Waals surface area contributed by atoms with E-state index in [1.165, 1.54) is 10.3 Å². The van der Waals surface area contributed by atoms with Crippen molar-refractivity contribution in [3.8, 4) is 0 Å². The van der Waals surface area contributed by atoms with Crippen LogP contribution in [0, 0.1) is 6.92 Å². The van der Waals surface area contributed by atoms with Gasteiger partial charge in [-0.05, 0) is 48.9 Å². The quantitative estimate of drug-likeness (QED) is 0.699. The Balaban J connectivity index is 1.38. The van der Waals surface area contributed by atoms with E-state index in [1.54, 1.807) is 35.6 Å². The van der Waals surface area contributed by atoms with Crippen LogP contribution >= 0.6 is 22.9 Å². The predicted octanol–water partition coefficient (Wildman–Crippen LogP) is 4.61. The number of rotatable bonds is 2. The Labute approximate surface area is 161 Å². The minimum Gasteiger partial charge on any atom is -0.345 e. The van der Waals surface area contributed by atoms with Crippen LogP contribution < -0.4 is 10.2 Å². The van der Waals surface area contributed by atoms with Gasteiger partial charge in [0.05, 0.1) is 10.2 Å². The number of aryl methyl sites for hydroxylation is 1. The van der Waals surface area contributed by atoms with Gasteiger partial charge in [0, 0.05) is 36.9 Å². The number of urea groups is 1. The minimum atomic E-state index is -0.0769. The number of carbonyl (C=O) groups is 1. The van der Waals surface area contributed by atoms with Crippen LogP contribution in [-0.4, -0.2) is 42.1 Å². The lowest BCUT2D eigenvalue weighted by atomic mass is 10.2. The summed E-state index contributed by atoms with van der Waals surface area (Å²) in [7, 11) is 0. The van der Waals surface area contributed by atoms with Gasteiger partial charge in [-0.25, -0.2) is 9.78 Å². The molecule has 0 radical (unpaired) electrons. The second-order valence-electron chi connectivity index (χ2n) is 6.38. The van der Waals surface area contributed by atoms with Crippen molar-refractivity contribution in [3.63, 3.8) is 0 Å². The van der Waals surface area contributed by atoms with Crippen molar-refractivity contribution in [3.05, 3.63) is 53.1 Å². The highest BCUT2D eigenvalue weighted by Gasteiger charge is 2.23. The molecule has 4 rings (SSSR count). The van der Waals surface area contributed by atoms with Crippen LogP contribution in [0.1, 0.15) is 5.56 Å². The first-order chi connectivity index (χ1) is 12.6. The van der Waals surface area contributed by atoms with Gasteiger partial charge >= 0.3 is 6.03 Å². The van der Waals surface area contributed by atoms with Gasteiger partial charge < -0.3 is 15.1 Å². The molecular weight excluding hydrogens is 368 g/mol. The summed E-state index contributed by atoms with van der Waals surface area (Å²) < 4.78 is 1.21. The Morgan fingerprint density at radius 2 is 1.85 bits per heavy atom. The third-order valence-corrected chi connectivity index (χ3v) is 5.80. The number of nitrogens with one attached hydrogen (secondary N) is 1. The van der Waals surface area contributed by atoms with E-state index in [1.807, 2.05) is 4.90 Å². The maximum absolute atomic E-state index is 12.4. The zero-order chi connectivity index (χ0) is 18.1. The zero-order valence-electron chi connectivity index (χ0n) is 14.4. The summed E-state index contributed by atoms with van der Waals surface area (Å²) in [6.07, 6.45) is 0. The standard InChI is InChI=1S/C19H19ClN4OS/c1-13-2-7-16-17(12-13)26-19(22-16)24-10-8-23(9-11-24)18(25)21-15-5-3-14(20)4-6-15/h2-7,12H,8-11H2,1H3,(H,21,25). The second kappa shape index (κ2) is 7.13. The molecule has 1 aliphatic heterocycles. The van der Waals surface area contributed by atoms with E-state index < -0.39 is 0 Å². The van der Waals surface area contributed by atoms with Crippen LogP contribution in [0.4, 0.5) is 15.6 Å². The molecule has 0 aliphatic carbocycles. The Hall–Kier alpha value is -2.31. The minimum absolute atomic E-state index is 0.0769. The molecule has 0 unspecified atom stereocenters. The monoisotopic (exact) mass is 386 g/mol. The Bertz CT molecular complexity index is 932. The van der Waals surface area contributed by atoms with E-state index in [2.05, 4.69) is 35.3 Å². The van der Waals surface area contributed by atoms with Crippen molar-refractivity contribution < 1.29 is 4.79 Å². The molecule has 134 valence electrons. The first kappa shape index (κ1) is 17.1. The number of hydrogen-bond acceptors (Lipinski definition) is 4. The highest BCUT2D eigenvalue weighted by atomic mass is 35.5. The smallest absolute Gasteiger partial charge is 0.321 e. The number of anilines is 2. The number of carbonyl (C=O) groups excluding carboxylic acids is 1.